The van der Waals surface area contributed by atoms with Gasteiger partial charge in [0.2, 0.25) is 0 Å². The predicted octanol–water partition coefficient (Wildman–Crippen LogP) is 4.14. The van der Waals surface area contributed by atoms with Gasteiger partial charge in [0.1, 0.15) is 0 Å². The zero-order valence-corrected chi connectivity index (χ0v) is 8.59. The van der Waals surface area contributed by atoms with Crippen molar-refractivity contribution in [1.29, 1.82) is 0 Å². The monoisotopic (exact) mass is 172 g/mol. The molecule has 0 heteroatoms. The van der Waals surface area contributed by atoms with Crippen LogP contribution in [0.5, 0.6) is 0 Å². The molecule has 0 radical (unpaired) electrons. The molecule has 0 atom stereocenters. The quantitative estimate of drug-likeness (QED) is 0.629. The van der Waals surface area contributed by atoms with Crippen LogP contribution in [0.15, 0.2) is 36.9 Å². The fourth-order valence-electron chi connectivity index (χ4n) is 1.35. The summed E-state index contributed by atoms with van der Waals surface area (Å²) in [6.45, 7) is 10.2. The van der Waals surface area contributed by atoms with Crippen molar-refractivity contribution in [1.82, 2.24) is 0 Å². The zero-order valence-electron chi connectivity index (χ0n) is 8.59. The van der Waals surface area contributed by atoms with Crippen molar-refractivity contribution in [3.63, 3.8) is 0 Å². The molecule has 0 nitrogen and oxygen atoms in total. The molecule has 1 aromatic rings. The molecule has 0 aliphatic rings. The van der Waals surface area contributed by atoms with Gasteiger partial charge in [0, 0.05) is 0 Å². The van der Waals surface area contributed by atoms with Gasteiger partial charge in [-0.2, -0.15) is 0 Å². The third-order valence-electron chi connectivity index (χ3n) is 2.24. The van der Waals surface area contributed by atoms with Crippen LogP contribution < -0.4 is 0 Å². The number of benzene rings is 1. The molecule has 13 heavy (non-hydrogen) atoms. The molecule has 0 saturated carbocycles. The molecular formula is C13H16. The van der Waals surface area contributed by atoms with Crippen molar-refractivity contribution >= 4 is 11.1 Å². The van der Waals surface area contributed by atoms with E-state index in [4.69, 9.17) is 0 Å². The van der Waals surface area contributed by atoms with E-state index in [1.54, 1.807) is 0 Å². The molecule has 1 aromatic carbocycles. The van der Waals surface area contributed by atoms with Crippen LogP contribution in [-0.2, 0) is 0 Å². The highest BCUT2D eigenvalue weighted by molar-refractivity contribution is 5.77. The first-order chi connectivity index (χ1) is 6.16. The summed E-state index contributed by atoms with van der Waals surface area (Å²) in [6, 6.07) is 8.37. The van der Waals surface area contributed by atoms with E-state index in [-0.39, 0.29) is 0 Å². The van der Waals surface area contributed by atoms with Crippen LogP contribution in [0.4, 0.5) is 0 Å². The summed E-state index contributed by atoms with van der Waals surface area (Å²) < 4.78 is 0. The largest absolute Gasteiger partial charge is 0.0955 e. The van der Waals surface area contributed by atoms with Crippen molar-refractivity contribution in [2.75, 3.05) is 0 Å². The first-order valence-corrected chi connectivity index (χ1v) is 4.55. The Balaban J connectivity index is 3.28. The minimum Gasteiger partial charge on any atom is -0.0955 e. The Morgan fingerprint density at radius 2 is 1.69 bits per heavy atom. The summed E-state index contributed by atoms with van der Waals surface area (Å²) in [5, 5.41) is 0. The topological polar surface area (TPSA) is 0 Å². The van der Waals surface area contributed by atoms with Crippen LogP contribution in [0.3, 0.4) is 0 Å². The molecule has 68 valence electrons. The maximum atomic E-state index is 3.98. The number of hydrogen-bond donors (Lipinski definition) is 0. The van der Waals surface area contributed by atoms with E-state index < -0.39 is 0 Å². The number of allylic oxidation sites excluding steroid dienone is 3. The average Bonchev–Trinajstić information content (AvgIpc) is 2.16. The Hall–Kier alpha value is -1.30. The maximum absolute atomic E-state index is 3.98. The van der Waals surface area contributed by atoms with Crippen LogP contribution >= 0.6 is 0 Å². The summed E-state index contributed by atoms with van der Waals surface area (Å²) >= 11 is 0. The highest BCUT2D eigenvalue weighted by Gasteiger charge is 2.02. The molecule has 0 N–H and O–H groups in total. The standard InChI is InChI=1S/C13H16/c1-5-11(4)13-9-7-6-8-12(13)10(2)3/h5-9H,2H2,1,3-4H3/b11-5+. The lowest BCUT2D eigenvalue weighted by Gasteiger charge is -2.08. The Morgan fingerprint density at radius 1 is 1.15 bits per heavy atom. The fraction of sp³-hybridized carbons (Fsp3) is 0.231. The van der Waals surface area contributed by atoms with Gasteiger partial charge in [0.05, 0.1) is 0 Å². The lowest BCUT2D eigenvalue weighted by Crippen LogP contribution is -1.87. The average molecular weight is 172 g/mol. The molecule has 0 saturated heterocycles. The first-order valence-electron chi connectivity index (χ1n) is 4.55. The minimum atomic E-state index is 1.12. The van der Waals surface area contributed by atoms with E-state index in [1.165, 1.54) is 16.7 Å². The second-order valence-corrected chi connectivity index (χ2v) is 3.30. The Bertz CT molecular complexity index is 343. The van der Waals surface area contributed by atoms with Gasteiger partial charge in [0.15, 0.2) is 0 Å². The van der Waals surface area contributed by atoms with Gasteiger partial charge in [-0.1, -0.05) is 42.5 Å². The van der Waals surface area contributed by atoms with Gasteiger partial charge < -0.3 is 0 Å². The van der Waals surface area contributed by atoms with Gasteiger partial charge >= 0.3 is 0 Å². The van der Waals surface area contributed by atoms with E-state index in [0.717, 1.165) is 5.57 Å². The predicted molar refractivity (Wildman–Crippen MR) is 60.5 cm³/mol. The Morgan fingerprint density at radius 3 is 2.15 bits per heavy atom. The molecule has 1 rings (SSSR count). The SMILES string of the molecule is C=C(C)c1ccccc1/C(C)=C/C. The van der Waals surface area contributed by atoms with Gasteiger partial charge in [-0.05, 0) is 37.5 Å². The number of rotatable bonds is 2. The molecule has 0 amide bonds. The fourth-order valence-corrected chi connectivity index (χ4v) is 1.35. The van der Waals surface area contributed by atoms with Crippen LogP contribution in [0.25, 0.3) is 11.1 Å². The normalized spacial score (nSPS) is 11.5. The highest BCUT2D eigenvalue weighted by Crippen LogP contribution is 2.23. The summed E-state index contributed by atoms with van der Waals surface area (Å²) in [5.74, 6) is 0. The van der Waals surface area contributed by atoms with Crippen molar-refractivity contribution in [2.45, 2.75) is 20.8 Å². The van der Waals surface area contributed by atoms with Crippen LogP contribution in [-0.4, -0.2) is 0 Å². The van der Waals surface area contributed by atoms with E-state index in [1.807, 2.05) is 6.92 Å². The number of hydrogen-bond acceptors (Lipinski definition) is 0. The van der Waals surface area contributed by atoms with Crippen molar-refractivity contribution in [3.8, 4) is 0 Å². The minimum absolute atomic E-state index is 1.12. The van der Waals surface area contributed by atoms with Crippen molar-refractivity contribution in [2.24, 2.45) is 0 Å². The molecule has 0 unspecified atom stereocenters. The Labute approximate surface area is 80.6 Å². The van der Waals surface area contributed by atoms with Crippen molar-refractivity contribution in [3.05, 3.63) is 48.0 Å². The molecule has 0 aromatic heterocycles. The van der Waals surface area contributed by atoms with Gasteiger partial charge in [-0.3, -0.25) is 0 Å². The molecule has 0 aliphatic heterocycles. The van der Waals surface area contributed by atoms with Gasteiger partial charge in [-0.15, -0.1) is 0 Å². The van der Waals surface area contributed by atoms with Crippen molar-refractivity contribution < 1.29 is 0 Å². The van der Waals surface area contributed by atoms with E-state index >= 15 is 0 Å². The van der Waals surface area contributed by atoms with Crippen LogP contribution in [0.1, 0.15) is 31.9 Å². The maximum Gasteiger partial charge on any atom is -0.0156 e. The lowest BCUT2D eigenvalue weighted by atomic mass is 9.97. The highest BCUT2D eigenvalue weighted by atomic mass is 14.1. The van der Waals surface area contributed by atoms with Crippen LogP contribution in [0, 0.1) is 0 Å². The Kier molecular flexibility index (Phi) is 3.07. The third kappa shape index (κ3) is 2.09. The van der Waals surface area contributed by atoms with E-state index in [9.17, 15) is 0 Å². The lowest BCUT2D eigenvalue weighted by molar-refractivity contribution is 1.48. The molecule has 0 bridgehead atoms. The summed E-state index contributed by atoms with van der Waals surface area (Å²) in [7, 11) is 0. The van der Waals surface area contributed by atoms with Crippen LogP contribution in [0.2, 0.25) is 0 Å². The molecule has 0 fully saturated rings. The summed E-state index contributed by atoms with van der Waals surface area (Å²) in [4.78, 5) is 0. The molecule has 0 heterocycles. The van der Waals surface area contributed by atoms with E-state index in [0.29, 0.717) is 0 Å². The summed E-state index contributed by atoms with van der Waals surface area (Å²) in [6.07, 6.45) is 2.13. The molecule has 0 spiro atoms. The zero-order chi connectivity index (χ0) is 9.84. The second kappa shape index (κ2) is 4.08. The second-order valence-electron chi connectivity index (χ2n) is 3.30. The summed E-state index contributed by atoms with van der Waals surface area (Å²) in [5.41, 5.74) is 4.96. The smallest absolute Gasteiger partial charge is 0.0156 e. The van der Waals surface area contributed by atoms with Gasteiger partial charge in [0.25, 0.3) is 0 Å². The molecular weight excluding hydrogens is 156 g/mol. The third-order valence-corrected chi connectivity index (χ3v) is 2.24. The van der Waals surface area contributed by atoms with E-state index in [2.05, 4.69) is 50.8 Å². The van der Waals surface area contributed by atoms with Gasteiger partial charge in [-0.25, -0.2) is 0 Å². The molecule has 0 aliphatic carbocycles. The first kappa shape index (κ1) is 9.79.